The Balaban J connectivity index is 2.43. The van der Waals surface area contributed by atoms with Gasteiger partial charge in [0.25, 0.3) is 0 Å². The molecular weight excluding hydrogens is 379 g/mol. The topological polar surface area (TPSA) is 52.6 Å². The number of esters is 1. The summed E-state index contributed by atoms with van der Waals surface area (Å²) < 4.78 is 10.8. The van der Waals surface area contributed by atoms with Crippen LogP contribution in [0.2, 0.25) is 0 Å². The Morgan fingerprint density at radius 3 is 3.05 bits per heavy atom. The number of aryl methyl sites for hydroxylation is 1. The Morgan fingerprint density at radius 2 is 2.37 bits per heavy atom. The Hall–Kier alpha value is -0.760. The number of hydrogen-bond donors (Lipinski definition) is 0. The lowest BCUT2D eigenvalue weighted by Crippen LogP contribution is -2.08. The van der Waals surface area contributed by atoms with Crippen LogP contribution >= 0.6 is 30.1 Å². The van der Waals surface area contributed by atoms with E-state index >= 15 is 0 Å². The molecule has 0 N–H and O–H groups in total. The number of fused-ring (bicyclic) bond motifs is 1. The van der Waals surface area contributed by atoms with E-state index in [1.807, 2.05) is 13.0 Å². The zero-order chi connectivity index (χ0) is 13.8. The average Bonchev–Trinajstić information content (AvgIpc) is 2.77. The van der Waals surface area contributed by atoms with Crippen molar-refractivity contribution in [3.63, 3.8) is 0 Å². The molecule has 1 aromatic rings. The molecule has 0 spiro atoms. The molecule has 0 unspecified atom stereocenters. The zero-order valence-corrected chi connectivity index (χ0v) is 13.4. The lowest BCUT2D eigenvalue weighted by Gasteiger charge is -2.14. The van der Waals surface area contributed by atoms with Crippen LogP contribution < -0.4 is 4.74 Å². The summed E-state index contributed by atoms with van der Waals surface area (Å²) in [5.41, 5.74) is 3.09. The summed E-state index contributed by atoms with van der Waals surface area (Å²) >= 11 is 2.19. The summed E-state index contributed by atoms with van der Waals surface area (Å²) in [6, 6.07) is 1.90. The van der Waals surface area contributed by atoms with Gasteiger partial charge in [0.15, 0.2) is 0 Å². The first-order valence-corrected chi connectivity index (χ1v) is 9.34. The van der Waals surface area contributed by atoms with Crippen molar-refractivity contribution in [2.45, 2.75) is 20.0 Å². The van der Waals surface area contributed by atoms with Crippen LogP contribution in [0.3, 0.4) is 0 Å². The lowest BCUT2D eigenvalue weighted by atomic mass is 9.97. The van der Waals surface area contributed by atoms with Crippen LogP contribution in [-0.4, -0.2) is 24.6 Å². The minimum absolute atomic E-state index is 0.244. The zero-order valence-electron chi connectivity index (χ0n) is 10.4. The first kappa shape index (κ1) is 14.6. The number of halogens is 1. The van der Waals surface area contributed by atoms with Gasteiger partial charge in [-0.15, -0.1) is 0 Å². The van der Waals surface area contributed by atoms with Gasteiger partial charge >= 0.3 is 5.97 Å². The Labute approximate surface area is 127 Å². The van der Waals surface area contributed by atoms with Crippen LogP contribution in [0.5, 0.6) is 5.75 Å². The van der Waals surface area contributed by atoms with E-state index in [9.17, 15) is 9.59 Å². The second kappa shape index (κ2) is 6.60. The molecule has 0 saturated carbocycles. The largest absolute Gasteiger partial charge is 0.491 e. The normalized spacial score (nSPS) is 13.1. The summed E-state index contributed by atoms with van der Waals surface area (Å²) in [7, 11) is 1.64. The maximum atomic E-state index is 11.8. The van der Waals surface area contributed by atoms with E-state index in [2.05, 4.69) is 21.2 Å². The van der Waals surface area contributed by atoms with E-state index in [0.29, 0.717) is 24.5 Å². The highest BCUT2D eigenvalue weighted by Crippen LogP contribution is 2.35. The summed E-state index contributed by atoms with van der Waals surface area (Å²) in [6.07, 6.45) is 1.06. The van der Waals surface area contributed by atoms with Crippen LogP contribution in [0.4, 0.5) is 0 Å². The van der Waals surface area contributed by atoms with Crippen LogP contribution in [0.15, 0.2) is 6.07 Å². The van der Waals surface area contributed by atoms with Gasteiger partial charge in [-0.2, -0.15) is 0 Å². The highest BCUT2D eigenvalue weighted by Gasteiger charge is 2.29. The van der Waals surface area contributed by atoms with Gasteiger partial charge in [-0.1, -0.05) is 15.0 Å². The van der Waals surface area contributed by atoms with Gasteiger partial charge in [-0.3, -0.25) is 0 Å². The fourth-order valence-corrected chi connectivity index (χ4v) is 2.79. The first-order valence-electron chi connectivity index (χ1n) is 5.81. The number of benzene rings is 1. The molecule has 0 bridgehead atoms. The molecule has 0 radical (unpaired) electrons. The molecule has 0 atom stereocenters. The fourth-order valence-electron chi connectivity index (χ4n) is 2.10. The smallest absolute Gasteiger partial charge is 0.342 e. The third kappa shape index (κ3) is 3.05. The standard InChI is InChI=1S/C13H13IO4S/c1-8-6-9(2-3-15)12(17-4-5-19-14)11-10(8)7-18-13(11)16/h3,6H,2,4-5,7H2,1H3. The number of aldehydes is 1. The second-order valence-electron chi connectivity index (χ2n) is 4.14. The maximum absolute atomic E-state index is 11.8. The molecule has 2 rings (SSSR count). The fraction of sp³-hybridized carbons (Fsp3) is 0.385. The first-order chi connectivity index (χ1) is 9.19. The van der Waals surface area contributed by atoms with Gasteiger partial charge in [0.1, 0.15) is 24.2 Å². The van der Waals surface area contributed by atoms with Crippen LogP contribution in [0.25, 0.3) is 0 Å². The summed E-state index contributed by atoms with van der Waals surface area (Å²) in [5, 5.41) is 0. The van der Waals surface area contributed by atoms with Crippen molar-refractivity contribution in [3.05, 3.63) is 28.3 Å². The lowest BCUT2D eigenvalue weighted by molar-refractivity contribution is -0.107. The molecule has 102 valence electrons. The predicted octanol–water partition coefficient (Wildman–Crippen LogP) is 2.87. The van der Waals surface area contributed by atoms with E-state index in [-0.39, 0.29) is 12.4 Å². The summed E-state index contributed by atoms with van der Waals surface area (Å²) in [4.78, 5) is 22.6. The molecule has 1 heterocycles. The molecule has 4 nitrogen and oxygen atoms in total. The number of rotatable bonds is 6. The van der Waals surface area contributed by atoms with Crippen molar-refractivity contribution in [2.24, 2.45) is 0 Å². The Morgan fingerprint density at radius 1 is 1.58 bits per heavy atom. The Bertz CT molecular complexity index is 516. The van der Waals surface area contributed by atoms with Crippen molar-refractivity contribution in [2.75, 3.05) is 12.4 Å². The highest BCUT2D eigenvalue weighted by molar-refractivity contribution is 14.2. The van der Waals surface area contributed by atoms with Crippen molar-refractivity contribution in [3.8, 4) is 5.75 Å². The van der Waals surface area contributed by atoms with Crippen LogP contribution in [0, 0.1) is 6.92 Å². The number of ether oxygens (including phenoxy) is 2. The van der Waals surface area contributed by atoms with E-state index in [0.717, 1.165) is 28.7 Å². The number of carbonyl (C=O) groups is 2. The van der Waals surface area contributed by atoms with E-state index < -0.39 is 0 Å². The van der Waals surface area contributed by atoms with Crippen molar-refractivity contribution in [1.29, 1.82) is 0 Å². The van der Waals surface area contributed by atoms with Crippen molar-refractivity contribution in [1.82, 2.24) is 0 Å². The molecule has 0 aromatic heterocycles. The molecule has 0 saturated heterocycles. The third-order valence-corrected chi connectivity index (χ3v) is 4.59. The van der Waals surface area contributed by atoms with Gasteiger partial charge in [0.2, 0.25) is 0 Å². The predicted molar refractivity (Wildman–Crippen MR) is 82.0 cm³/mol. The van der Waals surface area contributed by atoms with E-state index in [1.54, 1.807) is 8.93 Å². The van der Waals surface area contributed by atoms with Gasteiger partial charge in [0.05, 0.1) is 6.61 Å². The molecule has 1 aliphatic rings. The van der Waals surface area contributed by atoms with Gasteiger partial charge in [-0.25, -0.2) is 4.79 Å². The van der Waals surface area contributed by atoms with Gasteiger partial charge in [0, 0.05) is 23.3 Å². The quantitative estimate of drug-likeness (QED) is 0.323. The van der Waals surface area contributed by atoms with E-state index in [4.69, 9.17) is 9.47 Å². The van der Waals surface area contributed by atoms with Crippen molar-refractivity contribution >= 4 is 42.4 Å². The second-order valence-corrected chi connectivity index (χ2v) is 6.64. The SMILES string of the molecule is Cc1cc(CC=O)c(OCCSI)c2c1COC2=O. The monoisotopic (exact) mass is 392 g/mol. The average molecular weight is 392 g/mol. The molecule has 0 fully saturated rings. The van der Waals surface area contributed by atoms with E-state index in [1.165, 1.54) is 0 Å². The minimum atomic E-state index is -0.358. The molecular formula is C13H13IO4S. The van der Waals surface area contributed by atoms with Crippen LogP contribution in [0.1, 0.15) is 27.0 Å². The molecule has 0 amide bonds. The maximum Gasteiger partial charge on any atom is 0.342 e. The molecule has 19 heavy (non-hydrogen) atoms. The van der Waals surface area contributed by atoms with Gasteiger partial charge < -0.3 is 14.3 Å². The van der Waals surface area contributed by atoms with Gasteiger partial charge in [-0.05, 0) is 33.7 Å². The molecule has 1 aromatic carbocycles. The molecule has 0 aliphatic carbocycles. The minimum Gasteiger partial charge on any atom is -0.491 e. The summed E-state index contributed by atoms with van der Waals surface area (Å²) in [6.45, 7) is 2.71. The highest BCUT2D eigenvalue weighted by atomic mass is 127. The Kier molecular flexibility index (Phi) is 5.09. The number of cyclic esters (lactones) is 1. The number of carbonyl (C=O) groups excluding carboxylic acids is 2. The van der Waals surface area contributed by atoms with Crippen molar-refractivity contribution < 1.29 is 19.1 Å². The summed E-state index contributed by atoms with van der Waals surface area (Å²) in [5.74, 6) is 0.974. The third-order valence-electron chi connectivity index (χ3n) is 2.95. The number of hydrogen-bond acceptors (Lipinski definition) is 5. The molecule has 1 aliphatic heterocycles. The molecule has 6 heteroatoms. The van der Waals surface area contributed by atoms with Crippen LogP contribution in [-0.2, 0) is 22.6 Å².